The van der Waals surface area contributed by atoms with Crippen molar-refractivity contribution in [2.45, 2.75) is 11.3 Å². The van der Waals surface area contributed by atoms with E-state index in [1.165, 1.54) is 4.90 Å². The molecule has 4 unspecified atom stereocenters. The fraction of sp³-hybridized carbons (Fsp3) is 0.476. The molecule has 4 aliphatic rings. The van der Waals surface area contributed by atoms with Crippen LogP contribution in [-0.4, -0.2) is 73.0 Å². The van der Waals surface area contributed by atoms with Crippen LogP contribution < -0.4 is 0 Å². The molecule has 2 aliphatic heterocycles. The van der Waals surface area contributed by atoms with Gasteiger partial charge < -0.3 is 4.90 Å². The largest absolute Gasteiger partial charge is 0.338 e. The van der Waals surface area contributed by atoms with Crippen molar-refractivity contribution in [2.24, 2.45) is 23.7 Å². The molecule has 8 nitrogen and oxygen atoms in total. The van der Waals surface area contributed by atoms with Gasteiger partial charge in [0.15, 0.2) is 0 Å². The van der Waals surface area contributed by atoms with E-state index in [4.69, 9.17) is 0 Å². The molecule has 1 aromatic carbocycles. The van der Waals surface area contributed by atoms with Crippen LogP contribution in [0.15, 0.2) is 35.2 Å². The highest BCUT2D eigenvalue weighted by molar-refractivity contribution is 7.89. The van der Waals surface area contributed by atoms with E-state index in [1.807, 2.05) is 12.2 Å². The Hall–Kier alpha value is -2.66. The number of carbonyl (C=O) groups is 3. The van der Waals surface area contributed by atoms with E-state index in [1.54, 1.807) is 0 Å². The SMILES string of the molecule is O=C(CN1C(=O)C2C3C=CC(C3)C2C1=O)N1CCN(S(=O)(=O)c2cc(F)ccc2F)CC1. The molecule has 1 aromatic rings. The molecular weight excluding hydrogens is 444 g/mol. The van der Waals surface area contributed by atoms with Crippen molar-refractivity contribution in [3.8, 4) is 0 Å². The van der Waals surface area contributed by atoms with Gasteiger partial charge in [-0.3, -0.25) is 19.3 Å². The third kappa shape index (κ3) is 3.17. The maximum Gasteiger partial charge on any atom is 0.246 e. The molecule has 0 aromatic heterocycles. The summed E-state index contributed by atoms with van der Waals surface area (Å²) in [4.78, 5) is 39.9. The zero-order valence-electron chi connectivity index (χ0n) is 17.0. The number of piperazine rings is 1. The third-order valence-corrected chi connectivity index (χ3v) is 8.87. The molecule has 0 spiro atoms. The minimum atomic E-state index is -4.27. The summed E-state index contributed by atoms with van der Waals surface area (Å²) in [5.74, 6) is -3.64. The molecule has 0 N–H and O–H groups in total. The molecule has 5 rings (SSSR count). The van der Waals surface area contributed by atoms with Gasteiger partial charge in [0.05, 0.1) is 11.8 Å². The number of imide groups is 1. The first kappa shape index (κ1) is 21.2. The molecule has 170 valence electrons. The second-order valence-electron chi connectivity index (χ2n) is 8.62. The maximum atomic E-state index is 14.0. The van der Waals surface area contributed by atoms with Crippen LogP contribution in [0.4, 0.5) is 8.78 Å². The topological polar surface area (TPSA) is 95.1 Å². The molecule has 2 saturated heterocycles. The van der Waals surface area contributed by atoms with Gasteiger partial charge in [-0.25, -0.2) is 17.2 Å². The number of amides is 3. The van der Waals surface area contributed by atoms with Gasteiger partial charge in [-0.1, -0.05) is 12.2 Å². The molecule has 2 bridgehead atoms. The van der Waals surface area contributed by atoms with Crippen molar-refractivity contribution in [3.63, 3.8) is 0 Å². The zero-order valence-corrected chi connectivity index (χ0v) is 17.8. The van der Waals surface area contributed by atoms with Gasteiger partial charge in [-0.2, -0.15) is 4.31 Å². The van der Waals surface area contributed by atoms with Gasteiger partial charge in [0, 0.05) is 26.2 Å². The first-order chi connectivity index (χ1) is 15.2. The van der Waals surface area contributed by atoms with E-state index in [2.05, 4.69) is 0 Å². The number of hydrogen-bond donors (Lipinski definition) is 0. The number of hydrogen-bond acceptors (Lipinski definition) is 5. The van der Waals surface area contributed by atoms with Crippen LogP contribution in [0.1, 0.15) is 6.42 Å². The molecule has 3 amide bonds. The van der Waals surface area contributed by atoms with Gasteiger partial charge in [0.2, 0.25) is 27.7 Å². The van der Waals surface area contributed by atoms with Crippen LogP contribution >= 0.6 is 0 Å². The molecule has 4 atom stereocenters. The smallest absolute Gasteiger partial charge is 0.246 e. The average Bonchev–Trinajstić information content (AvgIpc) is 3.45. The molecule has 0 radical (unpaired) electrons. The lowest BCUT2D eigenvalue weighted by Crippen LogP contribution is -2.53. The summed E-state index contributed by atoms with van der Waals surface area (Å²) >= 11 is 0. The van der Waals surface area contributed by atoms with Crippen molar-refractivity contribution < 1.29 is 31.6 Å². The van der Waals surface area contributed by atoms with E-state index in [-0.39, 0.29) is 68.2 Å². The number of benzene rings is 1. The van der Waals surface area contributed by atoms with Gasteiger partial charge in [-0.15, -0.1) is 0 Å². The monoisotopic (exact) mass is 465 g/mol. The van der Waals surface area contributed by atoms with Gasteiger partial charge in [0.1, 0.15) is 23.1 Å². The van der Waals surface area contributed by atoms with E-state index >= 15 is 0 Å². The summed E-state index contributed by atoms with van der Waals surface area (Å²) in [5, 5.41) is 0. The average molecular weight is 465 g/mol. The first-order valence-corrected chi connectivity index (χ1v) is 11.9. The second-order valence-corrected chi connectivity index (χ2v) is 10.5. The van der Waals surface area contributed by atoms with Gasteiger partial charge in [-0.05, 0) is 36.5 Å². The molecule has 11 heteroatoms. The Balaban J connectivity index is 1.22. The molecule has 1 saturated carbocycles. The summed E-state index contributed by atoms with van der Waals surface area (Å²) in [5.41, 5.74) is 0. The highest BCUT2D eigenvalue weighted by atomic mass is 32.2. The normalized spacial score (nSPS) is 29.8. The fourth-order valence-corrected chi connectivity index (χ4v) is 6.85. The van der Waals surface area contributed by atoms with Crippen LogP contribution in [0.25, 0.3) is 0 Å². The molecular formula is C21H21F2N3O5S. The first-order valence-electron chi connectivity index (χ1n) is 10.4. The summed E-state index contributed by atoms with van der Waals surface area (Å²) in [6.45, 7) is -0.540. The maximum absolute atomic E-state index is 14.0. The highest BCUT2D eigenvalue weighted by Gasteiger charge is 2.59. The fourth-order valence-electron chi connectivity index (χ4n) is 5.35. The lowest BCUT2D eigenvalue weighted by molar-refractivity contribution is -0.147. The minimum absolute atomic E-state index is 0.0187. The number of carbonyl (C=O) groups excluding carboxylic acids is 3. The number of likely N-dealkylation sites (tertiary alicyclic amines) is 1. The number of allylic oxidation sites excluding steroid dienone is 2. The predicted octanol–water partition coefficient (Wildman–Crippen LogP) is 0.605. The quantitative estimate of drug-likeness (QED) is 0.480. The summed E-state index contributed by atoms with van der Waals surface area (Å²) in [6.07, 6.45) is 4.75. The Bertz CT molecular complexity index is 1120. The van der Waals surface area contributed by atoms with Gasteiger partial charge in [0.25, 0.3) is 0 Å². The number of fused-ring (bicyclic) bond motifs is 5. The van der Waals surface area contributed by atoms with Crippen LogP contribution in [-0.2, 0) is 24.4 Å². The van der Waals surface area contributed by atoms with Crippen molar-refractivity contribution >= 4 is 27.7 Å². The Morgan fingerprint density at radius 1 is 0.969 bits per heavy atom. The van der Waals surface area contributed by atoms with Crippen molar-refractivity contribution in [2.75, 3.05) is 32.7 Å². The van der Waals surface area contributed by atoms with E-state index in [0.717, 1.165) is 27.8 Å². The summed E-state index contributed by atoms with van der Waals surface area (Å²) in [6, 6.07) is 2.22. The molecule has 2 heterocycles. The van der Waals surface area contributed by atoms with E-state index < -0.39 is 32.5 Å². The Morgan fingerprint density at radius 2 is 1.56 bits per heavy atom. The van der Waals surface area contributed by atoms with Gasteiger partial charge >= 0.3 is 0 Å². The van der Waals surface area contributed by atoms with Crippen molar-refractivity contribution in [1.82, 2.24) is 14.1 Å². The Kier molecular flexibility index (Phi) is 4.93. The van der Waals surface area contributed by atoms with Crippen LogP contribution in [0.5, 0.6) is 0 Å². The number of sulfonamides is 1. The number of rotatable bonds is 4. The van der Waals surface area contributed by atoms with Crippen molar-refractivity contribution in [3.05, 3.63) is 42.0 Å². The van der Waals surface area contributed by atoms with Crippen molar-refractivity contribution in [1.29, 1.82) is 0 Å². The van der Waals surface area contributed by atoms with E-state index in [0.29, 0.717) is 6.07 Å². The standard InChI is InChI=1S/C21H21F2N3O5S/c22-14-3-4-15(23)16(10-14)32(30,31)25-7-5-24(6-8-25)17(27)11-26-20(28)18-12-1-2-13(9-12)19(18)21(26)29/h1-4,10,12-13,18-19H,5-9,11H2. The van der Waals surface area contributed by atoms with Crippen LogP contribution in [0.2, 0.25) is 0 Å². The number of nitrogens with zero attached hydrogens (tertiary/aromatic N) is 3. The molecule has 32 heavy (non-hydrogen) atoms. The lowest BCUT2D eigenvalue weighted by atomic mass is 9.85. The number of halogens is 2. The molecule has 3 fully saturated rings. The van der Waals surface area contributed by atoms with Crippen LogP contribution in [0.3, 0.4) is 0 Å². The predicted molar refractivity (Wildman–Crippen MR) is 106 cm³/mol. The summed E-state index contributed by atoms with van der Waals surface area (Å²) < 4.78 is 53.8. The second kappa shape index (κ2) is 7.45. The third-order valence-electron chi connectivity index (χ3n) is 6.96. The minimum Gasteiger partial charge on any atom is -0.338 e. The molecule has 2 aliphatic carbocycles. The summed E-state index contributed by atoms with van der Waals surface area (Å²) in [7, 11) is -4.27. The zero-order chi connectivity index (χ0) is 22.8. The lowest BCUT2D eigenvalue weighted by Gasteiger charge is -2.34. The van der Waals surface area contributed by atoms with E-state index in [9.17, 15) is 31.6 Å². The Labute approximate surface area is 183 Å². The highest BCUT2D eigenvalue weighted by Crippen LogP contribution is 2.52. The van der Waals surface area contributed by atoms with Crippen LogP contribution in [0, 0.1) is 35.3 Å². The Morgan fingerprint density at radius 3 is 2.16 bits per heavy atom.